The van der Waals surface area contributed by atoms with Gasteiger partial charge in [-0.2, -0.15) is 0 Å². The van der Waals surface area contributed by atoms with E-state index in [0.717, 1.165) is 29.9 Å². The zero-order valence-corrected chi connectivity index (χ0v) is 15.3. The first kappa shape index (κ1) is 18.7. The van der Waals surface area contributed by atoms with Crippen LogP contribution in [0.5, 0.6) is 0 Å². The summed E-state index contributed by atoms with van der Waals surface area (Å²) in [7, 11) is 6.21. The SMILES string of the molecule is CN(C)CCN(C)c1ccccc1/C=C/C(=O)NCc1ccccc1. The zero-order chi connectivity index (χ0) is 18.1. The van der Waals surface area contributed by atoms with E-state index < -0.39 is 0 Å². The molecule has 0 saturated heterocycles. The van der Waals surface area contributed by atoms with Crippen LogP contribution in [-0.4, -0.2) is 45.0 Å². The third-order valence-corrected chi connectivity index (χ3v) is 3.95. The molecule has 0 unspecified atom stereocenters. The Hall–Kier alpha value is -2.59. The minimum absolute atomic E-state index is 0.0883. The number of anilines is 1. The maximum Gasteiger partial charge on any atom is 0.244 e. The Morgan fingerprint density at radius 1 is 0.960 bits per heavy atom. The summed E-state index contributed by atoms with van der Waals surface area (Å²) in [5.74, 6) is -0.0883. The number of rotatable bonds is 8. The molecule has 0 saturated carbocycles. The molecule has 0 aromatic heterocycles. The second-order valence-corrected chi connectivity index (χ2v) is 6.32. The van der Waals surface area contributed by atoms with Gasteiger partial charge in [0.25, 0.3) is 0 Å². The average Bonchev–Trinajstić information content (AvgIpc) is 2.63. The van der Waals surface area contributed by atoms with Crippen LogP contribution in [0.3, 0.4) is 0 Å². The van der Waals surface area contributed by atoms with E-state index in [1.165, 1.54) is 0 Å². The van der Waals surface area contributed by atoms with Crippen molar-refractivity contribution in [3.63, 3.8) is 0 Å². The number of nitrogens with one attached hydrogen (secondary N) is 1. The van der Waals surface area contributed by atoms with E-state index in [1.807, 2.05) is 54.6 Å². The molecule has 2 rings (SSSR count). The van der Waals surface area contributed by atoms with Crippen LogP contribution in [0.1, 0.15) is 11.1 Å². The van der Waals surface area contributed by atoms with Crippen molar-refractivity contribution in [3.05, 3.63) is 71.8 Å². The number of carbonyl (C=O) groups excluding carboxylic acids is 1. The highest BCUT2D eigenvalue weighted by atomic mass is 16.1. The summed E-state index contributed by atoms with van der Waals surface area (Å²) in [5, 5.41) is 2.91. The van der Waals surface area contributed by atoms with Crippen LogP contribution in [-0.2, 0) is 11.3 Å². The molecular formula is C21H27N3O. The molecule has 0 aliphatic rings. The molecule has 0 radical (unpaired) electrons. The fourth-order valence-corrected chi connectivity index (χ4v) is 2.46. The van der Waals surface area contributed by atoms with E-state index in [2.05, 4.69) is 42.3 Å². The molecule has 25 heavy (non-hydrogen) atoms. The van der Waals surface area contributed by atoms with E-state index in [0.29, 0.717) is 6.54 Å². The average molecular weight is 337 g/mol. The van der Waals surface area contributed by atoms with Gasteiger partial charge in [-0.3, -0.25) is 4.79 Å². The van der Waals surface area contributed by atoms with Gasteiger partial charge in [0.1, 0.15) is 0 Å². The lowest BCUT2D eigenvalue weighted by molar-refractivity contribution is -0.116. The Balaban J connectivity index is 1.96. The van der Waals surface area contributed by atoms with Crippen LogP contribution in [0, 0.1) is 0 Å². The Morgan fingerprint density at radius 3 is 2.36 bits per heavy atom. The summed E-state index contributed by atoms with van der Waals surface area (Å²) in [4.78, 5) is 16.4. The molecule has 0 heterocycles. The zero-order valence-electron chi connectivity index (χ0n) is 15.3. The lowest BCUT2D eigenvalue weighted by Gasteiger charge is -2.23. The van der Waals surface area contributed by atoms with Crippen molar-refractivity contribution < 1.29 is 4.79 Å². The normalized spacial score (nSPS) is 11.0. The highest BCUT2D eigenvalue weighted by Gasteiger charge is 2.05. The van der Waals surface area contributed by atoms with Crippen LogP contribution >= 0.6 is 0 Å². The smallest absolute Gasteiger partial charge is 0.244 e. The molecule has 0 bridgehead atoms. The Bertz CT molecular complexity index is 695. The number of hydrogen-bond donors (Lipinski definition) is 1. The first-order valence-electron chi connectivity index (χ1n) is 8.51. The lowest BCUT2D eigenvalue weighted by Crippen LogP contribution is -2.28. The van der Waals surface area contributed by atoms with Gasteiger partial charge in [-0.15, -0.1) is 0 Å². The summed E-state index contributed by atoms with van der Waals surface area (Å²) in [6.07, 6.45) is 3.48. The van der Waals surface area contributed by atoms with Crippen molar-refractivity contribution in [2.45, 2.75) is 6.54 Å². The second-order valence-electron chi connectivity index (χ2n) is 6.32. The minimum atomic E-state index is -0.0883. The summed E-state index contributed by atoms with van der Waals surface area (Å²) in [5.41, 5.74) is 3.25. The molecule has 0 spiro atoms. The maximum atomic E-state index is 12.1. The monoisotopic (exact) mass is 337 g/mol. The minimum Gasteiger partial charge on any atom is -0.373 e. The predicted molar refractivity (Wildman–Crippen MR) is 106 cm³/mol. The molecule has 2 aromatic rings. The summed E-state index contributed by atoms with van der Waals surface area (Å²) in [6, 6.07) is 18.0. The van der Waals surface area contributed by atoms with Gasteiger partial charge in [0.05, 0.1) is 0 Å². The Morgan fingerprint density at radius 2 is 1.64 bits per heavy atom. The Kier molecular flexibility index (Phi) is 7.23. The topological polar surface area (TPSA) is 35.6 Å². The second kappa shape index (κ2) is 9.64. The highest BCUT2D eigenvalue weighted by Crippen LogP contribution is 2.20. The van der Waals surface area contributed by atoms with Crippen molar-refractivity contribution in [2.75, 3.05) is 39.1 Å². The molecule has 1 amide bonds. The molecule has 0 atom stereocenters. The Labute approximate surface area is 150 Å². The quantitative estimate of drug-likeness (QED) is 0.752. The van der Waals surface area contributed by atoms with Crippen LogP contribution < -0.4 is 10.2 Å². The van der Waals surface area contributed by atoms with E-state index in [-0.39, 0.29) is 5.91 Å². The summed E-state index contributed by atoms with van der Waals surface area (Å²) >= 11 is 0. The number of nitrogens with zero attached hydrogens (tertiary/aromatic N) is 2. The molecular weight excluding hydrogens is 310 g/mol. The van der Waals surface area contributed by atoms with Gasteiger partial charge >= 0.3 is 0 Å². The fraction of sp³-hybridized carbons (Fsp3) is 0.286. The van der Waals surface area contributed by atoms with Crippen LogP contribution in [0.4, 0.5) is 5.69 Å². The third-order valence-electron chi connectivity index (χ3n) is 3.95. The number of amides is 1. The molecule has 0 aliphatic heterocycles. The third kappa shape index (κ3) is 6.43. The number of hydrogen-bond acceptors (Lipinski definition) is 3. The number of para-hydroxylation sites is 1. The highest BCUT2D eigenvalue weighted by molar-refractivity contribution is 5.92. The van der Waals surface area contributed by atoms with Gasteiger partial charge in [-0.05, 0) is 37.4 Å². The predicted octanol–water partition coefficient (Wildman–Crippen LogP) is 3.01. The summed E-state index contributed by atoms with van der Waals surface area (Å²) in [6.45, 7) is 2.44. The van der Waals surface area contributed by atoms with Crippen molar-refractivity contribution in [3.8, 4) is 0 Å². The first-order chi connectivity index (χ1) is 12.1. The van der Waals surface area contributed by atoms with Crippen molar-refractivity contribution in [2.24, 2.45) is 0 Å². The van der Waals surface area contributed by atoms with E-state index in [9.17, 15) is 4.79 Å². The van der Waals surface area contributed by atoms with Gasteiger partial charge in [-0.25, -0.2) is 0 Å². The number of carbonyl (C=O) groups is 1. The maximum absolute atomic E-state index is 12.1. The summed E-state index contributed by atoms with van der Waals surface area (Å²) < 4.78 is 0. The van der Waals surface area contributed by atoms with Crippen molar-refractivity contribution in [1.29, 1.82) is 0 Å². The molecule has 0 fully saturated rings. The standard InChI is InChI=1S/C21H27N3O/c1-23(2)15-16-24(3)20-12-8-7-11-19(20)13-14-21(25)22-17-18-9-5-4-6-10-18/h4-14H,15-17H2,1-3H3,(H,22,25)/b14-13+. The van der Waals surface area contributed by atoms with Crippen LogP contribution in [0.25, 0.3) is 6.08 Å². The molecule has 1 N–H and O–H groups in total. The number of benzene rings is 2. The molecule has 0 aliphatic carbocycles. The molecule has 132 valence electrons. The lowest BCUT2D eigenvalue weighted by atomic mass is 10.1. The van der Waals surface area contributed by atoms with Gasteiger partial charge in [0, 0.05) is 38.4 Å². The molecule has 2 aromatic carbocycles. The van der Waals surface area contributed by atoms with Crippen molar-refractivity contribution in [1.82, 2.24) is 10.2 Å². The molecule has 4 nitrogen and oxygen atoms in total. The largest absolute Gasteiger partial charge is 0.373 e. The van der Waals surface area contributed by atoms with Crippen LogP contribution in [0.2, 0.25) is 0 Å². The van der Waals surface area contributed by atoms with E-state index in [4.69, 9.17) is 0 Å². The number of likely N-dealkylation sites (N-methyl/N-ethyl adjacent to an activating group) is 2. The van der Waals surface area contributed by atoms with E-state index in [1.54, 1.807) is 6.08 Å². The van der Waals surface area contributed by atoms with Gasteiger partial charge in [0.15, 0.2) is 0 Å². The first-order valence-corrected chi connectivity index (χ1v) is 8.51. The van der Waals surface area contributed by atoms with Gasteiger partial charge in [0.2, 0.25) is 5.91 Å². The van der Waals surface area contributed by atoms with E-state index >= 15 is 0 Å². The van der Waals surface area contributed by atoms with Crippen molar-refractivity contribution >= 4 is 17.7 Å². The molecule has 4 heteroatoms. The van der Waals surface area contributed by atoms with Gasteiger partial charge < -0.3 is 15.1 Å². The van der Waals surface area contributed by atoms with Gasteiger partial charge in [-0.1, -0.05) is 48.5 Å². The fourth-order valence-electron chi connectivity index (χ4n) is 2.46. The van der Waals surface area contributed by atoms with Crippen LogP contribution in [0.15, 0.2) is 60.7 Å².